The number of allylic oxidation sites excluding steroid dienone is 1. The van der Waals surface area contributed by atoms with Crippen molar-refractivity contribution in [3.63, 3.8) is 0 Å². The van der Waals surface area contributed by atoms with E-state index in [-0.39, 0.29) is 5.82 Å². The van der Waals surface area contributed by atoms with E-state index in [1.807, 2.05) is 19.1 Å². The molecule has 2 unspecified atom stereocenters. The summed E-state index contributed by atoms with van der Waals surface area (Å²) < 4.78 is 20.0. The molecule has 1 heterocycles. The maximum absolute atomic E-state index is 14.1. The maximum atomic E-state index is 14.1. The first kappa shape index (κ1) is 18.9. The number of methoxy groups -OCH3 is 1. The largest absolute Gasteiger partial charge is 0.359 e. The highest BCUT2D eigenvalue weighted by molar-refractivity contribution is 5.64. The molecule has 0 spiro atoms. The molecule has 0 amide bonds. The van der Waals surface area contributed by atoms with Crippen LogP contribution >= 0.6 is 0 Å². The van der Waals surface area contributed by atoms with Crippen molar-refractivity contribution >= 4 is 5.70 Å². The molecule has 0 aromatic heterocycles. The van der Waals surface area contributed by atoms with Crippen LogP contribution in [-0.2, 0) is 4.74 Å². The summed E-state index contributed by atoms with van der Waals surface area (Å²) in [6.07, 6.45) is 6.56. The number of benzene rings is 1. The summed E-state index contributed by atoms with van der Waals surface area (Å²) in [5.41, 5.74) is 0.848. The SMILES string of the molecule is C/C=C(\NC(C)(CC1CCCCN(C)C1)OC)c1ccccc1F. The Kier molecular flexibility index (Phi) is 6.81. The fourth-order valence-electron chi connectivity index (χ4n) is 3.60. The summed E-state index contributed by atoms with van der Waals surface area (Å²) in [5, 5.41) is 3.45. The smallest absolute Gasteiger partial charge is 0.135 e. The standard InChI is InChI=1S/C20H31FN2O/c1-5-19(17-11-6-7-12-18(17)21)22-20(2,24-4)14-16-10-8-9-13-23(3)15-16/h5-7,11-12,16,22H,8-10,13-15H2,1-4H3/b19-5-. The lowest BCUT2D eigenvalue weighted by Crippen LogP contribution is -2.45. The topological polar surface area (TPSA) is 24.5 Å². The first-order valence-corrected chi connectivity index (χ1v) is 8.90. The molecule has 1 fully saturated rings. The Bertz CT molecular complexity index is 560. The summed E-state index contributed by atoms with van der Waals surface area (Å²) in [7, 11) is 3.91. The van der Waals surface area contributed by atoms with Crippen LogP contribution in [0.25, 0.3) is 5.70 Å². The van der Waals surface area contributed by atoms with Gasteiger partial charge in [-0.05, 0) is 64.8 Å². The number of hydrogen-bond donors (Lipinski definition) is 1. The van der Waals surface area contributed by atoms with Gasteiger partial charge in [0.15, 0.2) is 0 Å². The zero-order chi connectivity index (χ0) is 17.6. The minimum absolute atomic E-state index is 0.217. The molecule has 0 bridgehead atoms. The van der Waals surface area contributed by atoms with E-state index in [0.717, 1.165) is 18.7 Å². The van der Waals surface area contributed by atoms with E-state index in [1.165, 1.54) is 31.9 Å². The van der Waals surface area contributed by atoms with Crippen LogP contribution in [0.4, 0.5) is 4.39 Å². The Hall–Kier alpha value is -1.39. The predicted octanol–water partition coefficient (Wildman–Crippen LogP) is 4.26. The lowest BCUT2D eigenvalue weighted by Gasteiger charge is -2.35. The number of ether oxygens (including phenoxy) is 1. The van der Waals surface area contributed by atoms with Crippen LogP contribution in [0, 0.1) is 11.7 Å². The van der Waals surface area contributed by atoms with Gasteiger partial charge in [-0.1, -0.05) is 24.6 Å². The minimum Gasteiger partial charge on any atom is -0.359 e. The molecule has 4 heteroatoms. The molecule has 2 atom stereocenters. The van der Waals surface area contributed by atoms with Gasteiger partial charge in [-0.25, -0.2) is 4.39 Å². The highest BCUT2D eigenvalue weighted by Gasteiger charge is 2.30. The molecular formula is C20H31FN2O. The molecule has 0 aliphatic carbocycles. The second-order valence-corrected chi connectivity index (χ2v) is 7.07. The average Bonchev–Trinajstić information content (AvgIpc) is 2.77. The number of nitrogens with zero attached hydrogens (tertiary/aromatic N) is 1. The molecule has 134 valence electrons. The highest BCUT2D eigenvalue weighted by Crippen LogP contribution is 2.28. The Labute approximate surface area is 145 Å². The number of halogens is 1. The third kappa shape index (κ3) is 5.05. The average molecular weight is 334 g/mol. The zero-order valence-electron chi connectivity index (χ0n) is 15.4. The molecule has 3 nitrogen and oxygen atoms in total. The molecule has 1 saturated heterocycles. The lowest BCUT2D eigenvalue weighted by atomic mass is 9.93. The van der Waals surface area contributed by atoms with Gasteiger partial charge >= 0.3 is 0 Å². The van der Waals surface area contributed by atoms with Gasteiger partial charge in [-0.3, -0.25) is 0 Å². The van der Waals surface area contributed by atoms with E-state index >= 15 is 0 Å². The molecule has 0 saturated carbocycles. The maximum Gasteiger partial charge on any atom is 0.135 e. The van der Waals surface area contributed by atoms with Crippen LogP contribution in [0.5, 0.6) is 0 Å². The van der Waals surface area contributed by atoms with Gasteiger partial charge in [-0.15, -0.1) is 0 Å². The molecule has 1 aliphatic rings. The van der Waals surface area contributed by atoms with Gasteiger partial charge in [0.1, 0.15) is 11.5 Å². The van der Waals surface area contributed by atoms with Crippen molar-refractivity contribution in [2.75, 3.05) is 27.2 Å². The van der Waals surface area contributed by atoms with E-state index in [1.54, 1.807) is 19.2 Å². The van der Waals surface area contributed by atoms with Crippen molar-refractivity contribution < 1.29 is 9.13 Å². The van der Waals surface area contributed by atoms with Crippen LogP contribution in [0.15, 0.2) is 30.3 Å². The van der Waals surface area contributed by atoms with Crippen molar-refractivity contribution in [1.82, 2.24) is 10.2 Å². The van der Waals surface area contributed by atoms with Gasteiger partial charge in [0.2, 0.25) is 0 Å². The Morgan fingerprint density at radius 1 is 1.42 bits per heavy atom. The lowest BCUT2D eigenvalue weighted by molar-refractivity contribution is -0.0316. The van der Waals surface area contributed by atoms with E-state index < -0.39 is 5.72 Å². The van der Waals surface area contributed by atoms with Gasteiger partial charge in [0.25, 0.3) is 0 Å². The van der Waals surface area contributed by atoms with Crippen LogP contribution in [0.3, 0.4) is 0 Å². The van der Waals surface area contributed by atoms with Crippen molar-refractivity contribution in [2.24, 2.45) is 5.92 Å². The molecule has 1 N–H and O–H groups in total. The normalized spacial score (nSPS) is 22.7. The number of nitrogens with one attached hydrogen (secondary N) is 1. The quantitative estimate of drug-likeness (QED) is 0.787. The zero-order valence-corrected chi connectivity index (χ0v) is 15.4. The van der Waals surface area contributed by atoms with Gasteiger partial charge in [0.05, 0.1) is 0 Å². The van der Waals surface area contributed by atoms with Gasteiger partial charge < -0.3 is 15.0 Å². The molecule has 1 aliphatic heterocycles. The molecule has 24 heavy (non-hydrogen) atoms. The highest BCUT2D eigenvalue weighted by atomic mass is 19.1. The Morgan fingerprint density at radius 2 is 2.17 bits per heavy atom. The van der Waals surface area contributed by atoms with Crippen molar-refractivity contribution in [3.8, 4) is 0 Å². The third-order valence-corrected chi connectivity index (χ3v) is 4.95. The van der Waals surface area contributed by atoms with E-state index in [9.17, 15) is 4.39 Å². The van der Waals surface area contributed by atoms with Gasteiger partial charge in [-0.2, -0.15) is 0 Å². The van der Waals surface area contributed by atoms with Crippen molar-refractivity contribution in [2.45, 2.75) is 45.3 Å². The summed E-state index contributed by atoms with van der Waals surface area (Å²) in [6, 6.07) is 6.86. The first-order chi connectivity index (χ1) is 11.5. The molecule has 1 aromatic rings. The fraction of sp³-hybridized carbons (Fsp3) is 0.600. The predicted molar refractivity (Wildman–Crippen MR) is 98.1 cm³/mol. The van der Waals surface area contributed by atoms with Crippen molar-refractivity contribution in [1.29, 1.82) is 0 Å². The summed E-state index contributed by atoms with van der Waals surface area (Å²) in [6.45, 7) is 6.24. The van der Waals surface area contributed by atoms with Crippen LogP contribution in [0.1, 0.15) is 45.1 Å². The van der Waals surface area contributed by atoms with Gasteiger partial charge in [0, 0.05) is 24.9 Å². The Morgan fingerprint density at radius 3 is 2.83 bits per heavy atom. The third-order valence-electron chi connectivity index (χ3n) is 4.95. The summed E-state index contributed by atoms with van der Waals surface area (Å²) in [4.78, 5) is 2.40. The van der Waals surface area contributed by atoms with E-state index in [2.05, 4.69) is 24.2 Å². The van der Waals surface area contributed by atoms with Crippen molar-refractivity contribution in [3.05, 3.63) is 41.7 Å². The Balaban J connectivity index is 2.12. The minimum atomic E-state index is -0.514. The monoisotopic (exact) mass is 334 g/mol. The second kappa shape index (κ2) is 8.63. The molecule has 1 aromatic carbocycles. The van der Waals surface area contributed by atoms with Crippen LogP contribution < -0.4 is 5.32 Å². The summed E-state index contributed by atoms with van der Waals surface area (Å²) >= 11 is 0. The summed E-state index contributed by atoms with van der Waals surface area (Å²) in [5.74, 6) is 0.361. The molecule has 2 rings (SSSR count). The number of hydrogen-bond acceptors (Lipinski definition) is 3. The van der Waals surface area contributed by atoms with Crippen LogP contribution in [0.2, 0.25) is 0 Å². The van der Waals surface area contributed by atoms with Crippen LogP contribution in [-0.4, -0.2) is 37.9 Å². The molecular weight excluding hydrogens is 303 g/mol. The van der Waals surface area contributed by atoms with E-state index in [4.69, 9.17) is 4.74 Å². The first-order valence-electron chi connectivity index (χ1n) is 8.90. The number of rotatable bonds is 6. The van der Waals surface area contributed by atoms with E-state index in [0.29, 0.717) is 11.5 Å². The molecule has 0 radical (unpaired) electrons. The number of likely N-dealkylation sites (tertiary alicyclic amines) is 1. The second-order valence-electron chi connectivity index (χ2n) is 7.07. The fourth-order valence-corrected chi connectivity index (χ4v) is 3.60.